The number of nitrogens with zero attached hydrogens (tertiary/aromatic N) is 1. The minimum atomic E-state index is -0.342. The van der Waals surface area contributed by atoms with Crippen molar-refractivity contribution < 1.29 is 9.59 Å². The van der Waals surface area contributed by atoms with Crippen LogP contribution in [0.2, 0.25) is 0 Å². The zero-order valence-electron chi connectivity index (χ0n) is 20.4. The molecule has 3 aromatic carbocycles. The first-order valence-electron chi connectivity index (χ1n) is 12.1. The molecule has 0 fully saturated rings. The molecule has 1 amide bonds. The summed E-state index contributed by atoms with van der Waals surface area (Å²) in [5.41, 5.74) is 4.85. The summed E-state index contributed by atoms with van der Waals surface area (Å²) >= 11 is 0. The van der Waals surface area contributed by atoms with Crippen LogP contribution in [0.15, 0.2) is 77.7 Å². The predicted octanol–water partition coefficient (Wildman–Crippen LogP) is 5.56. The van der Waals surface area contributed by atoms with Crippen LogP contribution in [0.25, 0.3) is 10.9 Å². The third kappa shape index (κ3) is 5.24. The van der Waals surface area contributed by atoms with Crippen molar-refractivity contribution in [3.05, 3.63) is 111 Å². The van der Waals surface area contributed by atoms with Gasteiger partial charge in [-0.3, -0.25) is 14.4 Å². The number of carbonyl (C=O) groups excluding carboxylic acids is 2. The molecule has 0 aliphatic heterocycles. The third-order valence-electron chi connectivity index (χ3n) is 6.38. The molecule has 5 nitrogen and oxygen atoms in total. The number of nitrogens with one attached hydrogen (secondary N) is 1. The van der Waals surface area contributed by atoms with E-state index in [2.05, 4.69) is 12.2 Å². The van der Waals surface area contributed by atoms with Crippen LogP contribution in [0.3, 0.4) is 0 Å². The van der Waals surface area contributed by atoms with Gasteiger partial charge < -0.3 is 9.88 Å². The summed E-state index contributed by atoms with van der Waals surface area (Å²) in [6.45, 7) is 6.12. The summed E-state index contributed by atoms with van der Waals surface area (Å²) in [7, 11) is 0. The van der Waals surface area contributed by atoms with E-state index >= 15 is 0 Å². The maximum atomic E-state index is 13.4. The van der Waals surface area contributed by atoms with Crippen LogP contribution in [0, 0.1) is 0 Å². The zero-order valence-corrected chi connectivity index (χ0v) is 20.4. The molecule has 1 heterocycles. The van der Waals surface area contributed by atoms with Crippen LogP contribution in [-0.2, 0) is 30.6 Å². The Morgan fingerprint density at radius 3 is 1.94 bits per heavy atom. The molecule has 4 rings (SSSR count). The molecule has 5 heteroatoms. The van der Waals surface area contributed by atoms with E-state index in [0.29, 0.717) is 22.2 Å². The number of ketones is 1. The number of amides is 1. The molecular weight excluding hydrogens is 436 g/mol. The number of fused-ring (bicyclic) bond motifs is 1. The third-order valence-corrected chi connectivity index (χ3v) is 6.38. The Morgan fingerprint density at radius 2 is 1.34 bits per heavy atom. The molecule has 178 valence electrons. The molecule has 0 atom stereocenters. The van der Waals surface area contributed by atoms with E-state index in [-0.39, 0.29) is 29.2 Å². The standard InChI is InChI=1S/C30H30N2O3/c1-4-20-7-12-23(13-8-20)29(34)26-18-32(27-16-11-22(6-3)17-25(27)30(26)35)19-28(33)31-24-14-9-21(5-2)10-15-24/h7-18H,4-6,19H2,1-3H3,(H,31,33). The Labute approximate surface area is 205 Å². The topological polar surface area (TPSA) is 68.2 Å². The fraction of sp³-hybridized carbons (Fsp3) is 0.233. The number of benzene rings is 3. The van der Waals surface area contributed by atoms with Crippen molar-refractivity contribution in [1.29, 1.82) is 0 Å². The number of carbonyl (C=O) groups is 2. The highest BCUT2D eigenvalue weighted by atomic mass is 16.2. The summed E-state index contributed by atoms with van der Waals surface area (Å²) in [4.78, 5) is 39.6. The van der Waals surface area contributed by atoms with E-state index in [9.17, 15) is 14.4 Å². The Kier molecular flexibility index (Phi) is 7.25. The molecule has 0 radical (unpaired) electrons. The highest BCUT2D eigenvalue weighted by Crippen LogP contribution is 2.18. The van der Waals surface area contributed by atoms with Gasteiger partial charge in [-0.25, -0.2) is 0 Å². The Hall–Kier alpha value is -3.99. The molecule has 0 aliphatic rings. The van der Waals surface area contributed by atoms with E-state index in [4.69, 9.17) is 0 Å². The van der Waals surface area contributed by atoms with Crippen LogP contribution < -0.4 is 10.7 Å². The van der Waals surface area contributed by atoms with E-state index in [1.807, 2.05) is 68.4 Å². The highest BCUT2D eigenvalue weighted by molar-refractivity contribution is 6.10. The first-order valence-corrected chi connectivity index (χ1v) is 12.1. The monoisotopic (exact) mass is 466 g/mol. The lowest BCUT2D eigenvalue weighted by molar-refractivity contribution is -0.116. The largest absolute Gasteiger partial charge is 0.337 e. The van der Waals surface area contributed by atoms with Gasteiger partial charge in [-0.05, 0) is 60.2 Å². The number of aromatic nitrogens is 1. The number of hydrogen-bond donors (Lipinski definition) is 1. The Balaban J connectivity index is 1.73. The number of rotatable bonds is 8. The van der Waals surface area contributed by atoms with Crippen LogP contribution in [0.1, 0.15) is 53.4 Å². The summed E-state index contributed by atoms with van der Waals surface area (Å²) in [5, 5.41) is 3.36. The average molecular weight is 467 g/mol. The van der Waals surface area contributed by atoms with E-state index in [0.717, 1.165) is 30.4 Å². The van der Waals surface area contributed by atoms with Gasteiger partial charge in [0.05, 0.1) is 11.1 Å². The summed E-state index contributed by atoms with van der Waals surface area (Å²) in [5.74, 6) is -0.574. The highest BCUT2D eigenvalue weighted by Gasteiger charge is 2.18. The smallest absolute Gasteiger partial charge is 0.244 e. The fourth-order valence-electron chi connectivity index (χ4n) is 4.18. The average Bonchev–Trinajstić information content (AvgIpc) is 2.90. The van der Waals surface area contributed by atoms with Crippen molar-refractivity contribution >= 4 is 28.3 Å². The Bertz CT molecular complexity index is 1430. The fourth-order valence-corrected chi connectivity index (χ4v) is 4.18. The summed E-state index contributed by atoms with van der Waals surface area (Å²) in [6.07, 6.45) is 4.08. The molecule has 0 saturated heterocycles. The van der Waals surface area contributed by atoms with Crippen molar-refractivity contribution in [2.24, 2.45) is 0 Å². The van der Waals surface area contributed by atoms with Gasteiger partial charge in [-0.2, -0.15) is 0 Å². The van der Waals surface area contributed by atoms with Gasteiger partial charge in [0.1, 0.15) is 6.54 Å². The van der Waals surface area contributed by atoms with Gasteiger partial charge in [0.15, 0.2) is 5.78 Å². The molecular formula is C30H30N2O3. The lowest BCUT2D eigenvalue weighted by Gasteiger charge is -2.14. The molecule has 0 bridgehead atoms. The van der Waals surface area contributed by atoms with Gasteiger partial charge >= 0.3 is 0 Å². The quantitative estimate of drug-likeness (QED) is 0.346. The van der Waals surface area contributed by atoms with Crippen molar-refractivity contribution in [1.82, 2.24) is 4.57 Å². The lowest BCUT2D eigenvalue weighted by atomic mass is 9.99. The van der Waals surface area contributed by atoms with E-state index in [1.54, 1.807) is 16.7 Å². The molecule has 4 aromatic rings. The van der Waals surface area contributed by atoms with Gasteiger partial charge in [0, 0.05) is 22.8 Å². The van der Waals surface area contributed by atoms with Crippen LogP contribution in [0.4, 0.5) is 5.69 Å². The van der Waals surface area contributed by atoms with Crippen molar-refractivity contribution in [3.63, 3.8) is 0 Å². The minimum absolute atomic E-state index is 0.0210. The maximum absolute atomic E-state index is 13.4. The number of hydrogen-bond acceptors (Lipinski definition) is 3. The second kappa shape index (κ2) is 10.5. The van der Waals surface area contributed by atoms with Gasteiger partial charge in [-0.15, -0.1) is 0 Å². The number of anilines is 1. The molecule has 35 heavy (non-hydrogen) atoms. The van der Waals surface area contributed by atoms with Crippen LogP contribution >= 0.6 is 0 Å². The van der Waals surface area contributed by atoms with Gasteiger partial charge in [0.25, 0.3) is 0 Å². The van der Waals surface area contributed by atoms with Crippen LogP contribution in [-0.4, -0.2) is 16.3 Å². The van der Waals surface area contributed by atoms with Crippen molar-refractivity contribution in [2.75, 3.05) is 5.32 Å². The van der Waals surface area contributed by atoms with Crippen molar-refractivity contribution in [2.45, 2.75) is 46.6 Å². The van der Waals surface area contributed by atoms with Crippen molar-refractivity contribution in [3.8, 4) is 0 Å². The number of aryl methyl sites for hydroxylation is 3. The molecule has 0 saturated carbocycles. The summed E-state index contributed by atoms with van der Waals surface area (Å²) < 4.78 is 1.69. The molecule has 0 spiro atoms. The maximum Gasteiger partial charge on any atom is 0.244 e. The second-order valence-corrected chi connectivity index (χ2v) is 8.68. The first-order chi connectivity index (χ1) is 16.9. The van der Waals surface area contributed by atoms with Crippen LogP contribution in [0.5, 0.6) is 0 Å². The van der Waals surface area contributed by atoms with Gasteiger partial charge in [0.2, 0.25) is 11.3 Å². The number of pyridine rings is 1. The summed E-state index contributed by atoms with van der Waals surface area (Å²) in [6, 6.07) is 20.7. The van der Waals surface area contributed by atoms with E-state index < -0.39 is 0 Å². The first kappa shape index (κ1) is 24.1. The zero-order chi connectivity index (χ0) is 24.9. The normalized spacial score (nSPS) is 10.9. The van der Waals surface area contributed by atoms with E-state index in [1.165, 1.54) is 11.8 Å². The van der Waals surface area contributed by atoms with Gasteiger partial charge in [-0.1, -0.05) is 63.2 Å². The predicted molar refractivity (Wildman–Crippen MR) is 141 cm³/mol. The Morgan fingerprint density at radius 1 is 0.771 bits per heavy atom. The SMILES string of the molecule is CCc1ccc(NC(=O)Cn2cc(C(=O)c3ccc(CC)cc3)c(=O)c3cc(CC)ccc32)cc1. The minimum Gasteiger partial charge on any atom is -0.337 e. The lowest BCUT2D eigenvalue weighted by Crippen LogP contribution is -2.24. The molecule has 1 aromatic heterocycles. The molecule has 1 N–H and O–H groups in total. The molecule has 0 aliphatic carbocycles. The molecule has 0 unspecified atom stereocenters. The second-order valence-electron chi connectivity index (χ2n) is 8.68.